The van der Waals surface area contributed by atoms with Crippen LogP contribution in [0.25, 0.3) is 0 Å². The van der Waals surface area contributed by atoms with E-state index in [0.29, 0.717) is 6.54 Å². The van der Waals surface area contributed by atoms with E-state index in [4.69, 9.17) is 5.26 Å². The van der Waals surface area contributed by atoms with Crippen LogP contribution in [0.1, 0.15) is 18.7 Å². The fourth-order valence-electron chi connectivity index (χ4n) is 1.42. The van der Waals surface area contributed by atoms with Crippen molar-refractivity contribution in [1.82, 2.24) is 5.32 Å². The van der Waals surface area contributed by atoms with Gasteiger partial charge >= 0.3 is 0 Å². The number of carbonyl (C=O) groups excluding carboxylic acids is 1. The molecule has 0 aliphatic carbocycles. The van der Waals surface area contributed by atoms with Crippen molar-refractivity contribution in [2.45, 2.75) is 20.3 Å². The number of nitriles is 1. The quantitative estimate of drug-likeness (QED) is 0.908. The third-order valence-electron chi connectivity index (χ3n) is 2.39. The number of thiophene rings is 1. The number of amides is 1. The zero-order chi connectivity index (χ0) is 12.8. The first-order chi connectivity index (χ1) is 8.04. The molecule has 5 heteroatoms. The van der Waals surface area contributed by atoms with Gasteiger partial charge in [-0.1, -0.05) is 13.8 Å². The van der Waals surface area contributed by atoms with Crippen molar-refractivity contribution < 1.29 is 4.79 Å². The van der Waals surface area contributed by atoms with Crippen molar-refractivity contribution in [2.24, 2.45) is 11.8 Å². The first-order valence-corrected chi connectivity index (χ1v) is 7.07. The lowest BCUT2D eigenvalue weighted by molar-refractivity contribution is -0.124. The summed E-state index contributed by atoms with van der Waals surface area (Å²) in [6.45, 7) is 4.34. The molecule has 0 fully saturated rings. The minimum Gasteiger partial charge on any atom is -0.355 e. The van der Waals surface area contributed by atoms with Crippen molar-refractivity contribution in [2.75, 3.05) is 6.54 Å². The van der Waals surface area contributed by atoms with Gasteiger partial charge in [-0.05, 0) is 40.4 Å². The summed E-state index contributed by atoms with van der Waals surface area (Å²) in [6, 6.07) is 6.06. The highest BCUT2D eigenvalue weighted by Crippen LogP contribution is 2.22. The molecule has 0 saturated carbocycles. The van der Waals surface area contributed by atoms with Crippen molar-refractivity contribution in [1.29, 1.82) is 5.26 Å². The lowest BCUT2D eigenvalue weighted by Gasteiger charge is -2.12. The average molecular weight is 315 g/mol. The maximum absolute atomic E-state index is 11.7. The van der Waals surface area contributed by atoms with Crippen LogP contribution in [0.5, 0.6) is 0 Å². The minimum absolute atomic E-state index is 0.0517. The van der Waals surface area contributed by atoms with E-state index in [0.717, 1.165) is 10.2 Å². The summed E-state index contributed by atoms with van der Waals surface area (Å²) in [5.41, 5.74) is 0. The molecule has 0 aromatic carbocycles. The van der Waals surface area contributed by atoms with Gasteiger partial charge in [-0.25, -0.2) is 0 Å². The predicted molar refractivity (Wildman–Crippen MR) is 72.7 cm³/mol. The van der Waals surface area contributed by atoms with Gasteiger partial charge in [-0.3, -0.25) is 4.79 Å². The first kappa shape index (κ1) is 14.2. The normalized spacial score (nSPS) is 12.2. The summed E-state index contributed by atoms with van der Waals surface area (Å²) >= 11 is 5.05. The van der Waals surface area contributed by atoms with Crippen molar-refractivity contribution >= 4 is 33.2 Å². The molecule has 3 nitrogen and oxygen atoms in total. The van der Waals surface area contributed by atoms with Gasteiger partial charge in [0.2, 0.25) is 5.91 Å². The molecule has 0 spiro atoms. The molecular weight excluding hydrogens is 300 g/mol. The molecule has 1 heterocycles. The van der Waals surface area contributed by atoms with Crippen LogP contribution in [0.2, 0.25) is 0 Å². The zero-order valence-corrected chi connectivity index (χ0v) is 12.3. The topological polar surface area (TPSA) is 52.9 Å². The predicted octanol–water partition coefficient (Wildman–Crippen LogP) is 2.97. The average Bonchev–Trinajstić information content (AvgIpc) is 2.64. The van der Waals surface area contributed by atoms with Crippen molar-refractivity contribution in [3.05, 3.63) is 20.8 Å². The molecule has 1 unspecified atom stereocenters. The minimum atomic E-state index is -0.551. The second kappa shape index (κ2) is 6.77. The number of rotatable bonds is 5. The molecule has 1 aromatic heterocycles. The Balaban J connectivity index is 2.36. The van der Waals surface area contributed by atoms with E-state index in [1.807, 2.05) is 32.0 Å². The highest BCUT2D eigenvalue weighted by Gasteiger charge is 2.20. The molecule has 0 radical (unpaired) electrons. The summed E-state index contributed by atoms with van der Waals surface area (Å²) in [6.07, 6.45) is 0.804. The third-order valence-corrected chi connectivity index (χ3v) is 4.07. The van der Waals surface area contributed by atoms with Gasteiger partial charge < -0.3 is 5.32 Å². The molecule has 17 heavy (non-hydrogen) atoms. The van der Waals surface area contributed by atoms with Gasteiger partial charge in [0.05, 0.1) is 9.86 Å². The van der Waals surface area contributed by atoms with Gasteiger partial charge in [-0.15, -0.1) is 11.3 Å². The van der Waals surface area contributed by atoms with Crippen LogP contribution in [0.15, 0.2) is 15.9 Å². The van der Waals surface area contributed by atoms with E-state index in [1.54, 1.807) is 11.3 Å². The summed E-state index contributed by atoms with van der Waals surface area (Å²) in [5.74, 6) is -0.668. The maximum Gasteiger partial charge on any atom is 0.237 e. The van der Waals surface area contributed by atoms with E-state index in [2.05, 4.69) is 21.2 Å². The second-order valence-corrected chi connectivity index (χ2v) is 6.65. The van der Waals surface area contributed by atoms with Crippen LogP contribution in [0, 0.1) is 23.2 Å². The molecule has 0 bridgehead atoms. The number of carbonyl (C=O) groups is 1. The summed E-state index contributed by atoms with van der Waals surface area (Å²) in [4.78, 5) is 12.9. The van der Waals surface area contributed by atoms with E-state index >= 15 is 0 Å². The zero-order valence-electron chi connectivity index (χ0n) is 9.87. The smallest absolute Gasteiger partial charge is 0.237 e. The van der Waals surface area contributed by atoms with Gasteiger partial charge in [-0.2, -0.15) is 5.26 Å². The Hall–Kier alpha value is -0.860. The van der Waals surface area contributed by atoms with E-state index in [9.17, 15) is 4.79 Å². The number of halogens is 1. The Morgan fingerprint density at radius 2 is 2.29 bits per heavy atom. The Morgan fingerprint density at radius 1 is 1.59 bits per heavy atom. The third kappa shape index (κ3) is 4.49. The number of nitrogens with zero attached hydrogens (tertiary/aromatic N) is 1. The van der Waals surface area contributed by atoms with Crippen LogP contribution >= 0.6 is 27.3 Å². The molecule has 1 amide bonds. The standard InChI is InChI=1S/C12H15BrN2OS/c1-8(2)10(7-14)12(16)15-6-5-9-3-4-11(13)17-9/h3-4,8,10H,5-6H2,1-2H3,(H,15,16). The number of hydrogen-bond acceptors (Lipinski definition) is 3. The Kier molecular flexibility index (Phi) is 5.66. The maximum atomic E-state index is 11.7. The molecular formula is C12H15BrN2OS. The highest BCUT2D eigenvalue weighted by atomic mass is 79.9. The molecule has 1 rings (SSSR count). The summed E-state index contributed by atoms with van der Waals surface area (Å²) < 4.78 is 1.09. The highest BCUT2D eigenvalue weighted by molar-refractivity contribution is 9.11. The molecule has 1 atom stereocenters. The van der Waals surface area contributed by atoms with Gasteiger partial charge in [0.15, 0.2) is 0 Å². The lowest BCUT2D eigenvalue weighted by atomic mass is 9.97. The first-order valence-electron chi connectivity index (χ1n) is 5.46. The fourth-order valence-corrected chi connectivity index (χ4v) is 2.90. The number of nitrogens with one attached hydrogen (secondary N) is 1. The SMILES string of the molecule is CC(C)C(C#N)C(=O)NCCc1ccc(Br)s1. The molecule has 0 aliphatic rings. The summed E-state index contributed by atoms with van der Waals surface area (Å²) in [5, 5.41) is 11.7. The van der Waals surface area contributed by atoms with Crippen molar-refractivity contribution in [3.63, 3.8) is 0 Å². The molecule has 1 aromatic rings. The Labute approximate surface area is 114 Å². The van der Waals surface area contributed by atoms with Gasteiger partial charge in [0.25, 0.3) is 0 Å². The number of hydrogen-bond donors (Lipinski definition) is 1. The largest absolute Gasteiger partial charge is 0.355 e. The monoisotopic (exact) mass is 314 g/mol. The van der Waals surface area contributed by atoms with Crippen LogP contribution in [-0.2, 0) is 11.2 Å². The Morgan fingerprint density at radius 3 is 2.76 bits per heavy atom. The van der Waals surface area contributed by atoms with Gasteiger partial charge in [0, 0.05) is 11.4 Å². The van der Waals surface area contributed by atoms with E-state index in [1.165, 1.54) is 4.88 Å². The molecule has 0 aliphatic heterocycles. The van der Waals surface area contributed by atoms with Crippen LogP contribution in [0.4, 0.5) is 0 Å². The molecule has 1 N–H and O–H groups in total. The van der Waals surface area contributed by atoms with Crippen molar-refractivity contribution in [3.8, 4) is 6.07 Å². The van der Waals surface area contributed by atoms with Gasteiger partial charge in [0.1, 0.15) is 5.92 Å². The Bertz CT molecular complexity index is 422. The molecule has 0 saturated heterocycles. The second-order valence-electron chi connectivity index (χ2n) is 4.10. The molecule has 92 valence electrons. The van der Waals surface area contributed by atoms with E-state index < -0.39 is 5.92 Å². The van der Waals surface area contributed by atoms with Crippen LogP contribution in [-0.4, -0.2) is 12.5 Å². The van der Waals surface area contributed by atoms with E-state index in [-0.39, 0.29) is 11.8 Å². The van der Waals surface area contributed by atoms with Crippen LogP contribution < -0.4 is 5.32 Å². The summed E-state index contributed by atoms with van der Waals surface area (Å²) in [7, 11) is 0. The van der Waals surface area contributed by atoms with Crippen LogP contribution in [0.3, 0.4) is 0 Å². The fraction of sp³-hybridized carbons (Fsp3) is 0.500. The lowest BCUT2D eigenvalue weighted by Crippen LogP contribution is -2.33.